The Morgan fingerprint density at radius 2 is 1.95 bits per heavy atom. The quantitative estimate of drug-likeness (QED) is 0.800. The molecule has 21 heavy (non-hydrogen) atoms. The summed E-state index contributed by atoms with van der Waals surface area (Å²) in [5.74, 6) is -0.279. The van der Waals surface area contributed by atoms with Crippen LogP contribution >= 0.6 is 0 Å². The second-order valence-corrected chi connectivity index (χ2v) is 5.71. The van der Waals surface area contributed by atoms with Crippen LogP contribution in [0.25, 0.3) is 6.08 Å². The largest absolute Gasteiger partial charge is 0.468 e. The van der Waals surface area contributed by atoms with Crippen LogP contribution in [0.5, 0.6) is 0 Å². The van der Waals surface area contributed by atoms with Gasteiger partial charge in [-0.15, -0.1) is 0 Å². The molecule has 0 unspecified atom stereocenters. The predicted molar refractivity (Wildman–Crippen MR) is 81.2 cm³/mol. The van der Waals surface area contributed by atoms with Gasteiger partial charge in [0.2, 0.25) is 5.91 Å². The number of rotatable bonds is 4. The first kappa shape index (κ1) is 15.3. The fraction of sp³-hybridized carbons (Fsp3) is 0.412. The molecular formula is C17H21NO3. The molecule has 112 valence electrons. The van der Waals surface area contributed by atoms with Crippen molar-refractivity contribution in [1.29, 1.82) is 0 Å². The minimum absolute atomic E-state index is 0.0640. The van der Waals surface area contributed by atoms with E-state index in [1.165, 1.54) is 7.11 Å². The molecule has 2 rings (SSSR count). The first-order valence-corrected chi connectivity index (χ1v) is 7.13. The summed E-state index contributed by atoms with van der Waals surface area (Å²) in [6.45, 7) is 4.23. The highest BCUT2D eigenvalue weighted by molar-refractivity contribution is 5.87. The molecule has 0 saturated carbocycles. The smallest absolute Gasteiger partial charge is 0.317 e. The van der Waals surface area contributed by atoms with Gasteiger partial charge in [0.15, 0.2) is 0 Å². The number of hydrogen-bond donors (Lipinski definition) is 0. The third-order valence-electron chi connectivity index (χ3n) is 3.80. The number of likely N-dealkylation sites (tertiary alicyclic amines) is 1. The maximum absolute atomic E-state index is 12.1. The van der Waals surface area contributed by atoms with Gasteiger partial charge in [0.05, 0.1) is 7.11 Å². The maximum atomic E-state index is 12.1. The van der Waals surface area contributed by atoms with Crippen molar-refractivity contribution in [2.24, 2.45) is 5.41 Å². The monoisotopic (exact) mass is 287 g/mol. The summed E-state index contributed by atoms with van der Waals surface area (Å²) in [6.07, 6.45) is 3.26. The Morgan fingerprint density at radius 1 is 1.29 bits per heavy atom. The molecule has 0 spiro atoms. The van der Waals surface area contributed by atoms with E-state index in [9.17, 15) is 9.59 Å². The van der Waals surface area contributed by atoms with Crippen LogP contribution in [0.1, 0.15) is 32.3 Å². The van der Waals surface area contributed by atoms with E-state index in [2.05, 4.69) is 0 Å². The lowest BCUT2D eigenvalue weighted by atomic mass is 9.87. The lowest BCUT2D eigenvalue weighted by Gasteiger charge is -2.31. The van der Waals surface area contributed by atoms with Gasteiger partial charge in [0, 0.05) is 18.7 Å². The highest BCUT2D eigenvalue weighted by Crippen LogP contribution is 2.34. The SMILES string of the molecule is COC(=O)C(C)(C)/C(=C/c1ccccc1)N1CCCC1=O. The maximum Gasteiger partial charge on any atom is 0.317 e. The Kier molecular flexibility index (Phi) is 4.46. The van der Waals surface area contributed by atoms with E-state index in [0.29, 0.717) is 18.7 Å². The van der Waals surface area contributed by atoms with E-state index in [1.807, 2.05) is 36.4 Å². The Labute approximate surface area is 125 Å². The fourth-order valence-corrected chi connectivity index (χ4v) is 2.57. The van der Waals surface area contributed by atoms with Crippen LogP contribution < -0.4 is 0 Å². The van der Waals surface area contributed by atoms with Crippen LogP contribution in [0.4, 0.5) is 0 Å². The van der Waals surface area contributed by atoms with Gasteiger partial charge in [0.1, 0.15) is 5.41 Å². The zero-order valence-corrected chi connectivity index (χ0v) is 12.8. The van der Waals surface area contributed by atoms with Crippen LogP contribution in [0, 0.1) is 5.41 Å². The second-order valence-electron chi connectivity index (χ2n) is 5.71. The van der Waals surface area contributed by atoms with Crippen molar-refractivity contribution in [3.63, 3.8) is 0 Å². The number of hydrogen-bond acceptors (Lipinski definition) is 3. The van der Waals surface area contributed by atoms with Gasteiger partial charge in [-0.1, -0.05) is 30.3 Å². The molecule has 4 heteroatoms. The zero-order chi connectivity index (χ0) is 15.5. The van der Waals surface area contributed by atoms with Crippen LogP contribution in [-0.2, 0) is 14.3 Å². The summed E-state index contributed by atoms with van der Waals surface area (Å²) in [5.41, 5.74) is 0.789. The summed E-state index contributed by atoms with van der Waals surface area (Å²) in [5, 5.41) is 0. The molecule has 1 fully saturated rings. The number of nitrogens with zero attached hydrogens (tertiary/aromatic N) is 1. The third-order valence-corrected chi connectivity index (χ3v) is 3.80. The molecule has 0 aliphatic carbocycles. The Morgan fingerprint density at radius 3 is 2.48 bits per heavy atom. The Bertz CT molecular complexity index is 561. The molecule has 0 radical (unpaired) electrons. The highest BCUT2D eigenvalue weighted by Gasteiger charge is 2.39. The number of amides is 1. The molecule has 0 bridgehead atoms. The van der Waals surface area contributed by atoms with Gasteiger partial charge in [0.25, 0.3) is 0 Å². The van der Waals surface area contributed by atoms with Crippen LogP contribution in [0.2, 0.25) is 0 Å². The number of esters is 1. The summed E-state index contributed by atoms with van der Waals surface area (Å²) >= 11 is 0. The van der Waals surface area contributed by atoms with E-state index < -0.39 is 5.41 Å². The number of benzene rings is 1. The van der Waals surface area contributed by atoms with Gasteiger partial charge in [-0.25, -0.2) is 0 Å². The van der Waals surface area contributed by atoms with Crippen LogP contribution in [0.3, 0.4) is 0 Å². The first-order valence-electron chi connectivity index (χ1n) is 7.13. The Balaban J connectivity index is 2.47. The van der Waals surface area contributed by atoms with E-state index >= 15 is 0 Å². The molecule has 1 aliphatic rings. The fourth-order valence-electron chi connectivity index (χ4n) is 2.57. The number of ether oxygens (including phenoxy) is 1. The van der Waals surface area contributed by atoms with Gasteiger partial charge >= 0.3 is 5.97 Å². The molecule has 0 atom stereocenters. The number of carbonyl (C=O) groups excluding carboxylic acids is 2. The van der Waals surface area contributed by atoms with E-state index in [1.54, 1.807) is 18.7 Å². The van der Waals surface area contributed by atoms with Gasteiger partial charge in [-0.05, 0) is 31.9 Å². The standard InChI is InChI=1S/C17H21NO3/c1-17(2,16(20)21-3)14(18-11-7-10-15(18)19)12-13-8-5-4-6-9-13/h4-6,8-9,12H,7,10-11H2,1-3H3/b14-12-. The minimum Gasteiger partial charge on any atom is -0.468 e. The highest BCUT2D eigenvalue weighted by atomic mass is 16.5. The molecule has 1 amide bonds. The van der Waals surface area contributed by atoms with E-state index in [-0.39, 0.29) is 11.9 Å². The molecule has 0 aromatic heterocycles. The van der Waals surface area contributed by atoms with Crippen LogP contribution in [0.15, 0.2) is 36.0 Å². The van der Waals surface area contributed by atoms with Crippen molar-refractivity contribution in [2.75, 3.05) is 13.7 Å². The first-order chi connectivity index (χ1) is 9.96. The van der Waals surface area contributed by atoms with E-state index in [4.69, 9.17) is 4.74 Å². The molecule has 0 N–H and O–H groups in total. The second kappa shape index (κ2) is 6.12. The lowest BCUT2D eigenvalue weighted by Crippen LogP contribution is -2.38. The van der Waals surface area contributed by atoms with Gasteiger partial charge in [-0.2, -0.15) is 0 Å². The van der Waals surface area contributed by atoms with Crippen molar-refractivity contribution in [3.8, 4) is 0 Å². The summed E-state index contributed by atoms with van der Waals surface area (Å²) in [4.78, 5) is 25.9. The summed E-state index contributed by atoms with van der Waals surface area (Å²) in [6, 6.07) is 9.70. The van der Waals surface area contributed by atoms with Gasteiger partial charge < -0.3 is 9.64 Å². The minimum atomic E-state index is -0.870. The van der Waals surface area contributed by atoms with Crippen LogP contribution in [-0.4, -0.2) is 30.4 Å². The zero-order valence-electron chi connectivity index (χ0n) is 12.8. The normalized spacial score (nSPS) is 16.2. The third kappa shape index (κ3) is 3.15. The molecule has 1 aromatic carbocycles. The molecule has 1 aliphatic heterocycles. The molecule has 1 heterocycles. The van der Waals surface area contributed by atoms with Crippen molar-refractivity contribution in [3.05, 3.63) is 41.6 Å². The van der Waals surface area contributed by atoms with Crippen molar-refractivity contribution >= 4 is 18.0 Å². The lowest BCUT2D eigenvalue weighted by molar-refractivity contribution is -0.149. The van der Waals surface area contributed by atoms with Gasteiger partial charge in [-0.3, -0.25) is 9.59 Å². The van der Waals surface area contributed by atoms with Crippen molar-refractivity contribution < 1.29 is 14.3 Å². The molecular weight excluding hydrogens is 266 g/mol. The molecule has 1 aromatic rings. The van der Waals surface area contributed by atoms with Crippen molar-refractivity contribution in [2.45, 2.75) is 26.7 Å². The van der Waals surface area contributed by atoms with Crippen molar-refractivity contribution in [1.82, 2.24) is 4.90 Å². The average Bonchev–Trinajstić information content (AvgIpc) is 2.90. The van der Waals surface area contributed by atoms with E-state index in [0.717, 1.165) is 12.0 Å². The molecule has 4 nitrogen and oxygen atoms in total. The number of carbonyl (C=O) groups is 2. The number of methoxy groups -OCH3 is 1. The summed E-state index contributed by atoms with van der Waals surface area (Å²) in [7, 11) is 1.37. The predicted octanol–water partition coefficient (Wildman–Crippen LogP) is 2.85. The molecule has 1 saturated heterocycles. The average molecular weight is 287 g/mol. The Hall–Kier alpha value is -2.10. The topological polar surface area (TPSA) is 46.6 Å². The summed E-state index contributed by atoms with van der Waals surface area (Å²) < 4.78 is 4.91.